The summed E-state index contributed by atoms with van der Waals surface area (Å²) in [5.41, 5.74) is 0.381. The lowest BCUT2D eigenvalue weighted by atomic mass is 9.97. The van der Waals surface area contributed by atoms with E-state index in [-0.39, 0.29) is 17.9 Å². The molecule has 1 saturated heterocycles. The minimum atomic E-state index is -0.577. The normalized spacial score (nSPS) is 16.3. The molecule has 178 valence electrons. The maximum absolute atomic E-state index is 12.4. The molecule has 1 amide bonds. The number of alkyl carbamates (subject to hydrolysis) is 1. The Morgan fingerprint density at radius 1 is 1.16 bits per heavy atom. The number of nitrogens with one attached hydrogen (secondary N) is 2. The number of likely N-dealkylation sites (tertiary alicyclic amines) is 1. The van der Waals surface area contributed by atoms with E-state index in [2.05, 4.69) is 15.5 Å². The first-order chi connectivity index (χ1) is 15.2. The van der Waals surface area contributed by atoms with Crippen LogP contribution in [0.25, 0.3) is 0 Å². The van der Waals surface area contributed by atoms with Gasteiger partial charge in [0.25, 0.3) is 0 Å². The van der Waals surface area contributed by atoms with Crippen molar-refractivity contribution in [3.05, 3.63) is 35.9 Å². The molecule has 0 radical (unpaired) electrons. The van der Waals surface area contributed by atoms with Crippen LogP contribution in [0.4, 0.5) is 4.79 Å². The smallest absolute Gasteiger partial charge is 0.408 e. The number of hydrogen-bond donors (Lipinski definition) is 2. The number of esters is 1. The van der Waals surface area contributed by atoms with E-state index in [0.29, 0.717) is 13.2 Å². The molecule has 1 aromatic carbocycles. The van der Waals surface area contributed by atoms with Crippen LogP contribution in [0.2, 0.25) is 0 Å². The number of guanidine groups is 1. The minimum Gasteiger partial charge on any atom is -0.466 e. The number of ether oxygens (including phenoxy) is 2. The number of aliphatic imine (C=N–C) groups is 1. The molecule has 0 aromatic heterocycles. The molecule has 0 bridgehead atoms. The molecule has 1 fully saturated rings. The predicted octanol–water partition coefficient (Wildman–Crippen LogP) is 3.49. The second kappa shape index (κ2) is 12.3. The number of amides is 1. The molecule has 8 nitrogen and oxygen atoms in total. The third-order valence-corrected chi connectivity index (χ3v) is 5.07. The Labute approximate surface area is 191 Å². The standard InChI is InChI=1S/C24H38N4O4/c1-6-25-22(28-15-13-19(14-16-28)21(29)31-7-2)26-17-20(18-11-9-8-10-12-18)27-23(30)32-24(3,4)5/h8-12,19-20H,6-7,13-17H2,1-5H3,(H,25,26)(H,27,30). The van der Waals surface area contributed by atoms with Crippen molar-refractivity contribution in [3.63, 3.8) is 0 Å². The van der Waals surface area contributed by atoms with E-state index in [9.17, 15) is 9.59 Å². The van der Waals surface area contributed by atoms with Gasteiger partial charge in [-0.1, -0.05) is 30.3 Å². The number of carbonyl (C=O) groups is 2. The summed E-state index contributed by atoms with van der Waals surface area (Å²) in [7, 11) is 0. The van der Waals surface area contributed by atoms with Gasteiger partial charge in [-0.05, 0) is 53.0 Å². The Balaban J connectivity index is 2.09. The largest absolute Gasteiger partial charge is 0.466 e. The fourth-order valence-electron chi connectivity index (χ4n) is 3.56. The van der Waals surface area contributed by atoms with Crippen LogP contribution in [0, 0.1) is 5.92 Å². The molecule has 1 unspecified atom stereocenters. The fraction of sp³-hybridized carbons (Fsp3) is 0.625. The number of rotatable bonds is 7. The first-order valence-electron chi connectivity index (χ1n) is 11.5. The van der Waals surface area contributed by atoms with Gasteiger partial charge in [0.2, 0.25) is 0 Å². The van der Waals surface area contributed by atoms with E-state index in [1.54, 1.807) is 0 Å². The van der Waals surface area contributed by atoms with Gasteiger partial charge in [-0.3, -0.25) is 9.79 Å². The van der Waals surface area contributed by atoms with Crippen molar-refractivity contribution in [1.82, 2.24) is 15.5 Å². The molecule has 32 heavy (non-hydrogen) atoms. The van der Waals surface area contributed by atoms with Gasteiger partial charge in [-0.15, -0.1) is 0 Å². The second-order valence-electron chi connectivity index (χ2n) is 8.82. The summed E-state index contributed by atoms with van der Waals surface area (Å²) < 4.78 is 10.6. The molecule has 0 spiro atoms. The lowest BCUT2D eigenvalue weighted by molar-refractivity contribution is -0.149. The van der Waals surface area contributed by atoms with Gasteiger partial charge < -0.3 is 25.0 Å². The maximum Gasteiger partial charge on any atom is 0.408 e. The van der Waals surface area contributed by atoms with Gasteiger partial charge >= 0.3 is 12.1 Å². The number of benzene rings is 1. The third-order valence-electron chi connectivity index (χ3n) is 5.07. The van der Waals surface area contributed by atoms with Crippen molar-refractivity contribution in [3.8, 4) is 0 Å². The molecule has 2 rings (SSSR count). The van der Waals surface area contributed by atoms with E-state index in [1.807, 2.05) is 65.0 Å². The molecular formula is C24H38N4O4. The summed E-state index contributed by atoms with van der Waals surface area (Å²) in [5.74, 6) is 0.612. The first-order valence-corrected chi connectivity index (χ1v) is 11.5. The van der Waals surface area contributed by atoms with Gasteiger partial charge in [-0.25, -0.2) is 4.79 Å². The zero-order valence-electron chi connectivity index (χ0n) is 20.0. The highest BCUT2D eigenvalue weighted by atomic mass is 16.6. The van der Waals surface area contributed by atoms with Crippen molar-refractivity contribution in [2.75, 3.05) is 32.8 Å². The Kier molecular flexibility index (Phi) is 9.81. The molecule has 1 aromatic rings. The first kappa shape index (κ1) is 25.5. The van der Waals surface area contributed by atoms with E-state index in [1.165, 1.54) is 0 Å². The Morgan fingerprint density at radius 2 is 1.81 bits per heavy atom. The van der Waals surface area contributed by atoms with Crippen LogP contribution in [0.1, 0.15) is 59.1 Å². The van der Waals surface area contributed by atoms with E-state index >= 15 is 0 Å². The maximum atomic E-state index is 12.4. The predicted molar refractivity (Wildman–Crippen MR) is 125 cm³/mol. The van der Waals surface area contributed by atoms with Crippen LogP contribution >= 0.6 is 0 Å². The fourth-order valence-corrected chi connectivity index (χ4v) is 3.56. The van der Waals surface area contributed by atoms with Crippen LogP contribution in [-0.4, -0.2) is 61.3 Å². The zero-order valence-corrected chi connectivity index (χ0v) is 20.0. The molecule has 0 saturated carbocycles. The number of piperidine rings is 1. The average Bonchev–Trinajstić information content (AvgIpc) is 2.75. The quantitative estimate of drug-likeness (QED) is 0.378. The summed E-state index contributed by atoms with van der Waals surface area (Å²) in [6, 6.07) is 9.43. The average molecular weight is 447 g/mol. The van der Waals surface area contributed by atoms with Crippen LogP contribution in [0.15, 0.2) is 35.3 Å². The molecule has 8 heteroatoms. The van der Waals surface area contributed by atoms with E-state index < -0.39 is 11.7 Å². The zero-order chi connectivity index (χ0) is 23.6. The summed E-state index contributed by atoms with van der Waals surface area (Å²) in [6.45, 7) is 12.3. The van der Waals surface area contributed by atoms with Gasteiger partial charge in [0.1, 0.15) is 5.60 Å². The molecule has 1 atom stereocenters. The number of nitrogens with zero attached hydrogens (tertiary/aromatic N) is 2. The van der Waals surface area contributed by atoms with Crippen LogP contribution in [-0.2, 0) is 14.3 Å². The monoisotopic (exact) mass is 446 g/mol. The van der Waals surface area contributed by atoms with Crippen molar-refractivity contribution in [1.29, 1.82) is 0 Å². The lowest BCUT2D eigenvalue weighted by Gasteiger charge is -2.33. The van der Waals surface area contributed by atoms with Crippen LogP contribution in [0.5, 0.6) is 0 Å². The number of carbonyl (C=O) groups excluding carboxylic acids is 2. The lowest BCUT2D eigenvalue weighted by Crippen LogP contribution is -2.47. The van der Waals surface area contributed by atoms with Gasteiger partial charge in [0.05, 0.1) is 25.1 Å². The molecule has 2 N–H and O–H groups in total. The van der Waals surface area contributed by atoms with Gasteiger partial charge in [0, 0.05) is 19.6 Å². The van der Waals surface area contributed by atoms with Crippen molar-refractivity contribution >= 4 is 18.0 Å². The van der Waals surface area contributed by atoms with Crippen molar-refractivity contribution in [2.24, 2.45) is 10.9 Å². The molecule has 1 heterocycles. The minimum absolute atomic E-state index is 0.0556. The second-order valence-corrected chi connectivity index (χ2v) is 8.82. The van der Waals surface area contributed by atoms with E-state index in [0.717, 1.165) is 44.0 Å². The summed E-state index contributed by atoms with van der Waals surface area (Å²) in [5, 5.41) is 6.29. The Hall–Kier alpha value is -2.77. The Morgan fingerprint density at radius 3 is 2.38 bits per heavy atom. The third kappa shape index (κ3) is 8.40. The van der Waals surface area contributed by atoms with Crippen molar-refractivity contribution < 1.29 is 19.1 Å². The van der Waals surface area contributed by atoms with E-state index in [4.69, 9.17) is 14.5 Å². The van der Waals surface area contributed by atoms with Gasteiger partial charge in [-0.2, -0.15) is 0 Å². The summed E-state index contributed by atoms with van der Waals surface area (Å²) >= 11 is 0. The van der Waals surface area contributed by atoms with Gasteiger partial charge in [0.15, 0.2) is 5.96 Å². The van der Waals surface area contributed by atoms with Crippen LogP contribution < -0.4 is 10.6 Å². The molecule has 0 aliphatic carbocycles. The Bertz CT molecular complexity index is 753. The van der Waals surface area contributed by atoms with Crippen molar-refractivity contribution in [2.45, 2.75) is 59.1 Å². The highest BCUT2D eigenvalue weighted by Gasteiger charge is 2.28. The highest BCUT2D eigenvalue weighted by Crippen LogP contribution is 2.20. The topological polar surface area (TPSA) is 92.3 Å². The molecular weight excluding hydrogens is 408 g/mol. The van der Waals surface area contributed by atoms with Crippen LogP contribution in [0.3, 0.4) is 0 Å². The summed E-state index contributed by atoms with van der Waals surface area (Å²) in [4.78, 5) is 31.4. The highest BCUT2D eigenvalue weighted by molar-refractivity contribution is 5.80. The number of hydrogen-bond acceptors (Lipinski definition) is 5. The summed E-state index contributed by atoms with van der Waals surface area (Å²) in [6.07, 6.45) is 1.00. The molecule has 1 aliphatic rings. The molecule has 1 aliphatic heterocycles. The SMILES string of the molecule is CCNC(=NCC(NC(=O)OC(C)(C)C)c1ccccc1)N1CCC(C(=O)OCC)CC1.